The third-order valence-electron chi connectivity index (χ3n) is 4.24. The topological polar surface area (TPSA) is 112 Å². The average Bonchev–Trinajstić information content (AvgIpc) is 3.04. The van der Waals surface area contributed by atoms with E-state index in [2.05, 4.69) is 5.32 Å². The van der Waals surface area contributed by atoms with Gasteiger partial charge in [0.1, 0.15) is 5.58 Å². The molecule has 0 saturated carbocycles. The van der Waals surface area contributed by atoms with E-state index in [0.717, 1.165) is 17.0 Å². The Hall–Kier alpha value is -3.39. The molecule has 0 aliphatic rings. The number of benzene rings is 2. The van der Waals surface area contributed by atoms with Crippen LogP contribution in [0.1, 0.15) is 18.1 Å². The molecule has 3 rings (SSSR count). The molecular weight excluding hydrogens is 400 g/mol. The van der Waals surface area contributed by atoms with E-state index < -0.39 is 22.9 Å². The number of esters is 1. The molecule has 0 unspecified atom stereocenters. The van der Waals surface area contributed by atoms with Crippen LogP contribution in [0.3, 0.4) is 0 Å². The molecule has 1 aromatic heterocycles. The van der Waals surface area contributed by atoms with Gasteiger partial charge in [0.15, 0.2) is 6.10 Å². The summed E-state index contributed by atoms with van der Waals surface area (Å²) in [6.07, 6.45) is 0.294. The molecule has 1 amide bonds. The minimum atomic E-state index is -1.13. The molecule has 0 spiro atoms. The zero-order valence-electron chi connectivity index (χ0n) is 15.6. The minimum Gasteiger partial charge on any atom is -0.464 e. The van der Waals surface area contributed by atoms with Crippen LogP contribution >= 0.6 is 11.6 Å². The summed E-state index contributed by atoms with van der Waals surface area (Å²) < 4.78 is 10.6. The molecule has 150 valence electrons. The standard InChI is InChI=1S/C20H17ClN2O6/c1-11-3-5-15-13(10-28-18(15)7-11)8-19(24)29-12(2)20(25)22-17-9-14(23(26)27)4-6-16(17)21/h3-7,9-10,12H,8H2,1-2H3,(H,22,25)/t12-/m1/s1. The maximum Gasteiger partial charge on any atom is 0.311 e. The fraction of sp³-hybridized carbons (Fsp3) is 0.200. The van der Waals surface area contributed by atoms with Gasteiger partial charge >= 0.3 is 5.97 Å². The Balaban J connectivity index is 1.64. The first-order valence-corrected chi connectivity index (χ1v) is 9.03. The first kappa shape index (κ1) is 20.3. The number of halogens is 1. The number of nitro groups is 1. The molecule has 0 bridgehead atoms. The molecule has 0 aliphatic heterocycles. The molecule has 0 aliphatic carbocycles. The maximum atomic E-state index is 12.3. The first-order chi connectivity index (χ1) is 13.7. The molecule has 1 N–H and O–H groups in total. The summed E-state index contributed by atoms with van der Waals surface area (Å²) in [7, 11) is 0. The largest absolute Gasteiger partial charge is 0.464 e. The number of amides is 1. The molecular formula is C20H17ClN2O6. The van der Waals surface area contributed by atoms with Crippen LogP contribution in [-0.2, 0) is 20.7 Å². The third kappa shape index (κ3) is 4.72. The maximum absolute atomic E-state index is 12.3. The van der Waals surface area contributed by atoms with Crippen molar-refractivity contribution in [3.05, 3.63) is 68.9 Å². The van der Waals surface area contributed by atoms with E-state index in [0.29, 0.717) is 11.1 Å². The Morgan fingerprint density at radius 3 is 2.76 bits per heavy atom. The van der Waals surface area contributed by atoms with Crippen LogP contribution in [0.2, 0.25) is 5.02 Å². The van der Waals surface area contributed by atoms with Crippen molar-refractivity contribution in [2.45, 2.75) is 26.4 Å². The third-order valence-corrected chi connectivity index (χ3v) is 4.57. The van der Waals surface area contributed by atoms with Gasteiger partial charge in [0.05, 0.1) is 28.3 Å². The summed E-state index contributed by atoms with van der Waals surface area (Å²) in [5, 5.41) is 14.2. The lowest BCUT2D eigenvalue weighted by molar-refractivity contribution is -0.384. The second-order valence-electron chi connectivity index (χ2n) is 6.48. The summed E-state index contributed by atoms with van der Waals surface area (Å²) >= 11 is 5.96. The lowest BCUT2D eigenvalue weighted by Crippen LogP contribution is -2.30. The normalized spacial score (nSPS) is 11.8. The number of furan rings is 1. The lowest BCUT2D eigenvalue weighted by Gasteiger charge is -2.14. The van der Waals surface area contributed by atoms with E-state index in [9.17, 15) is 19.7 Å². The van der Waals surface area contributed by atoms with Gasteiger partial charge in [-0.3, -0.25) is 19.7 Å². The smallest absolute Gasteiger partial charge is 0.311 e. The lowest BCUT2D eigenvalue weighted by atomic mass is 10.1. The number of hydrogen-bond donors (Lipinski definition) is 1. The molecule has 1 atom stereocenters. The number of fused-ring (bicyclic) bond motifs is 1. The summed E-state index contributed by atoms with van der Waals surface area (Å²) in [6.45, 7) is 3.33. The van der Waals surface area contributed by atoms with Crippen LogP contribution in [0.5, 0.6) is 0 Å². The highest BCUT2D eigenvalue weighted by Gasteiger charge is 2.21. The van der Waals surface area contributed by atoms with Crippen LogP contribution in [0.15, 0.2) is 47.1 Å². The Kier molecular flexibility index (Phi) is 5.84. The number of nitro benzene ring substituents is 1. The van der Waals surface area contributed by atoms with Gasteiger partial charge in [0.25, 0.3) is 11.6 Å². The van der Waals surface area contributed by atoms with Gasteiger partial charge in [-0.15, -0.1) is 0 Å². The summed E-state index contributed by atoms with van der Waals surface area (Å²) in [5.74, 6) is -1.27. The van der Waals surface area contributed by atoms with Gasteiger partial charge in [-0.1, -0.05) is 23.7 Å². The molecule has 29 heavy (non-hydrogen) atoms. The number of carbonyl (C=O) groups is 2. The van der Waals surface area contributed by atoms with Gasteiger partial charge < -0.3 is 14.5 Å². The predicted molar refractivity (Wildman–Crippen MR) is 107 cm³/mol. The van der Waals surface area contributed by atoms with E-state index in [4.69, 9.17) is 20.8 Å². The van der Waals surface area contributed by atoms with Crippen molar-refractivity contribution in [2.75, 3.05) is 5.32 Å². The Bertz CT molecular complexity index is 1110. The molecule has 8 nitrogen and oxygen atoms in total. The van der Waals surface area contributed by atoms with Gasteiger partial charge in [0.2, 0.25) is 0 Å². The summed E-state index contributed by atoms with van der Waals surface area (Å²) in [5.41, 5.74) is 2.19. The van der Waals surface area contributed by atoms with Crippen molar-refractivity contribution >= 4 is 45.8 Å². The van der Waals surface area contributed by atoms with Crippen LogP contribution in [0.25, 0.3) is 11.0 Å². The van der Waals surface area contributed by atoms with Gasteiger partial charge in [-0.25, -0.2) is 0 Å². The molecule has 3 aromatic rings. The van der Waals surface area contributed by atoms with Crippen molar-refractivity contribution in [1.82, 2.24) is 0 Å². The van der Waals surface area contributed by atoms with Gasteiger partial charge in [-0.2, -0.15) is 0 Å². The average molecular weight is 417 g/mol. The fourth-order valence-corrected chi connectivity index (χ4v) is 2.90. The summed E-state index contributed by atoms with van der Waals surface area (Å²) in [4.78, 5) is 34.8. The second-order valence-corrected chi connectivity index (χ2v) is 6.89. The van der Waals surface area contributed by atoms with E-state index in [1.165, 1.54) is 25.3 Å². The van der Waals surface area contributed by atoms with Crippen LogP contribution in [0, 0.1) is 17.0 Å². The summed E-state index contributed by atoms with van der Waals surface area (Å²) in [6, 6.07) is 9.29. The molecule has 9 heteroatoms. The van der Waals surface area contributed by atoms with Gasteiger partial charge in [0, 0.05) is 23.1 Å². The van der Waals surface area contributed by atoms with Crippen LogP contribution < -0.4 is 5.32 Å². The molecule has 0 saturated heterocycles. The number of ether oxygens (including phenoxy) is 1. The molecule has 2 aromatic carbocycles. The van der Waals surface area contributed by atoms with E-state index in [-0.39, 0.29) is 22.8 Å². The number of aryl methyl sites for hydroxylation is 1. The van der Waals surface area contributed by atoms with Gasteiger partial charge in [-0.05, 0) is 31.5 Å². The second kappa shape index (κ2) is 8.32. The number of carbonyl (C=O) groups excluding carboxylic acids is 2. The highest BCUT2D eigenvalue weighted by atomic mass is 35.5. The molecule has 0 fully saturated rings. The van der Waals surface area contributed by atoms with Crippen molar-refractivity contribution in [3.8, 4) is 0 Å². The van der Waals surface area contributed by atoms with Crippen molar-refractivity contribution in [3.63, 3.8) is 0 Å². The molecule has 0 radical (unpaired) electrons. The number of nitrogens with zero attached hydrogens (tertiary/aromatic N) is 1. The fourth-order valence-electron chi connectivity index (χ4n) is 2.73. The number of hydrogen-bond acceptors (Lipinski definition) is 6. The van der Waals surface area contributed by atoms with Crippen molar-refractivity contribution in [2.24, 2.45) is 0 Å². The Morgan fingerprint density at radius 1 is 1.28 bits per heavy atom. The number of rotatable bonds is 6. The molecule has 1 heterocycles. The Labute approximate surface area is 170 Å². The highest BCUT2D eigenvalue weighted by Crippen LogP contribution is 2.27. The van der Waals surface area contributed by atoms with Crippen molar-refractivity contribution < 1.29 is 23.7 Å². The minimum absolute atomic E-state index is 0.0602. The Morgan fingerprint density at radius 2 is 2.03 bits per heavy atom. The quantitative estimate of drug-likeness (QED) is 0.361. The first-order valence-electron chi connectivity index (χ1n) is 8.65. The highest BCUT2D eigenvalue weighted by molar-refractivity contribution is 6.33. The monoisotopic (exact) mass is 416 g/mol. The zero-order chi connectivity index (χ0) is 21.1. The van der Waals surface area contributed by atoms with Crippen LogP contribution in [-0.4, -0.2) is 22.9 Å². The zero-order valence-corrected chi connectivity index (χ0v) is 16.4. The predicted octanol–water partition coefficient (Wildman–Crippen LogP) is 4.42. The number of nitrogens with one attached hydrogen (secondary N) is 1. The van der Waals surface area contributed by atoms with Crippen molar-refractivity contribution in [1.29, 1.82) is 0 Å². The number of non-ortho nitro benzene ring substituents is 1. The van der Waals surface area contributed by atoms with E-state index >= 15 is 0 Å². The van der Waals surface area contributed by atoms with Crippen LogP contribution in [0.4, 0.5) is 11.4 Å². The van der Waals surface area contributed by atoms with E-state index in [1.54, 1.807) is 0 Å². The van der Waals surface area contributed by atoms with E-state index in [1.807, 2.05) is 25.1 Å². The SMILES string of the molecule is Cc1ccc2c(CC(=O)O[C@H](C)C(=O)Nc3cc([N+](=O)[O-])ccc3Cl)coc2c1. The number of anilines is 1.